The summed E-state index contributed by atoms with van der Waals surface area (Å²) in [6.07, 6.45) is 1.76. The zero-order valence-corrected chi connectivity index (χ0v) is 12.5. The third-order valence-corrected chi connectivity index (χ3v) is 3.70. The molecular weight excluding hydrogens is 262 g/mol. The van der Waals surface area contributed by atoms with Crippen LogP contribution in [0.15, 0.2) is 17.5 Å². The molecule has 2 heterocycles. The Labute approximate surface area is 118 Å². The van der Waals surface area contributed by atoms with Crippen molar-refractivity contribution in [3.8, 4) is 5.06 Å². The molecule has 0 saturated carbocycles. The van der Waals surface area contributed by atoms with Crippen LogP contribution in [0.1, 0.15) is 33.6 Å². The van der Waals surface area contributed by atoms with Crippen molar-refractivity contribution >= 4 is 17.4 Å². The number of likely N-dealkylation sites (tertiary alicyclic amines) is 1. The first kappa shape index (κ1) is 14.2. The van der Waals surface area contributed by atoms with Crippen LogP contribution in [0.25, 0.3) is 0 Å². The molecule has 1 amide bonds. The predicted molar refractivity (Wildman–Crippen MR) is 75.8 cm³/mol. The van der Waals surface area contributed by atoms with E-state index in [9.17, 15) is 4.79 Å². The van der Waals surface area contributed by atoms with Crippen LogP contribution in [-0.4, -0.2) is 35.8 Å². The van der Waals surface area contributed by atoms with Crippen molar-refractivity contribution < 1.29 is 14.3 Å². The molecule has 0 radical (unpaired) electrons. The van der Waals surface area contributed by atoms with Crippen LogP contribution in [0.4, 0.5) is 4.79 Å². The molecule has 1 aromatic heterocycles. The van der Waals surface area contributed by atoms with Crippen molar-refractivity contribution in [2.24, 2.45) is 0 Å². The van der Waals surface area contributed by atoms with Gasteiger partial charge in [0.25, 0.3) is 0 Å². The number of rotatable bonds is 3. The van der Waals surface area contributed by atoms with Gasteiger partial charge in [0.1, 0.15) is 12.2 Å². The van der Waals surface area contributed by atoms with Gasteiger partial charge in [-0.15, -0.1) is 11.3 Å². The number of hydrogen-bond donors (Lipinski definition) is 0. The molecule has 106 valence electrons. The molecule has 1 fully saturated rings. The second kappa shape index (κ2) is 5.82. The summed E-state index contributed by atoms with van der Waals surface area (Å²) in [6.45, 7) is 6.96. The normalized spacial score (nSPS) is 19.5. The first-order valence-corrected chi connectivity index (χ1v) is 7.49. The maximum absolute atomic E-state index is 12.1. The molecule has 1 saturated heterocycles. The second-order valence-electron chi connectivity index (χ2n) is 5.71. The number of amides is 1. The molecule has 5 heteroatoms. The smallest absolute Gasteiger partial charge is 0.410 e. The lowest BCUT2D eigenvalue weighted by molar-refractivity contribution is 0.0189. The van der Waals surface area contributed by atoms with E-state index in [1.165, 1.54) is 0 Å². The summed E-state index contributed by atoms with van der Waals surface area (Å²) in [5.74, 6) is 0. The Bertz CT molecular complexity index is 411. The fraction of sp³-hybridized carbons (Fsp3) is 0.643. The average Bonchev–Trinajstić information content (AvgIpc) is 2.95. The Hall–Kier alpha value is -1.23. The lowest BCUT2D eigenvalue weighted by atomic mass is 10.2. The standard InChI is InChI=1S/C14H21NO3S/c1-14(2,3)18-13(16)15-8-4-6-11(15)10-17-12-7-5-9-19-12/h5,7,9,11H,4,6,8,10H2,1-3H3. The van der Waals surface area contributed by atoms with Crippen LogP contribution in [0.2, 0.25) is 0 Å². The third-order valence-electron chi connectivity index (χ3n) is 2.92. The molecule has 2 rings (SSSR count). The molecule has 1 unspecified atom stereocenters. The van der Waals surface area contributed by atoms with E-state index >= 15 is 0 Å². The van der Waals surface area contributed by atoms with Crippen molar-refractivity contribution in [3.05, 3.63) is 17.5 Å². The molecule has 1 aliphatic heterocycles. The van der Waals surface area contributed by atoms with Crippen molar-refractivity contribution in [2.75, 3.05) is 13.2 Å². The van der Waals surface area contributed by atoms with Crippen LogP contribution >= 0.6 is 11.3 Å². The van der Waals surface area contributed by atoms with Crippen molar-refractivity contribution in [2.45, 2.75) is 45.3 Å². The summed E-state index contributed by atoms with van der Waals surface area (Å²) in [4.78, 5) is 13.9. The maximum Gasteiger partial charge on any atom is 0.410 e. The minimum Gasteiger partial charge on any atom is -0.482 e. The molecular formula is C14H21NO3S. The predicted octanol–water partition coefficient (Wildman–Crippen LogP) is 3.53. The lowest BCUT2D eigenvalue weighted by Gasteiger charge is -2.28. The summed E-state index contributed by atoms with van der Waals surface area (Å²) in [5.41, 5.74) is -0.446. The van der Waals surface area contributed by atoms with E-state index in [4.69, 9.17) is 9.47 Å². The Morgan fingerprint density at radius 2 is 2.32 bits per heavy atom. The maximum atomic E-state index is 12.1. The highest BCUT2D eigenvalue weighted by molar-refractivity contribution is 7.11. The molecule has 19 heavy (non-hydrogen) atoms. The summed E-state index contributed by atoms with van der Waals surface area (Å²) in [6, 6.07) is 4.02. The van der Waals surface area contributed by atoms with E-state index in [0.717, 1.165) is 24.4 Å². The first-order chi connectivity index (χ1) is 8.96. The topological polar surface area (TPSA) is 38.8 Å². The highest BCUT2D eigenvalue weighted by Crippen LogP contribution is 2.23. The van der Waals surface area contributed by atoms with Gasteiger partial charge in [-0.3, -0.25) is 0 Å². The van der Waals surface area contributed by atoms with Gasteiger partial charge >= 0.3 is 6.09 Å². The van der Waals surface area contributed by atoms with E-state index in [0.29, 0.717) is 6.61 Å². The zero-order chi connectivity index (χ0) is 13.9. The highest BCUT2D eigenvalue weighted by Gasteiger charge is 2.32. The molecule has 0 aromatic carbocycles. The Morgan fingerprint density at radius 1 is 1.53 bits per heavy atom. The molecule has 0 aliphatic carbocycles. The monoisotopic (exact) mass is 283 g/mol. The van der Waals surface area contributed by atoms with Gasteiger partial charge in [0.2, 0.25) is 0 Å². The van der Waals surface area contributed by atoms with E-state index in [1.807, 2.05) is 38.3 Å². The number of hydrogen-bond acceptors (Lipinski definition) is 4. The molecule has 4 nitrogen and oxygen atoms in total. The number of carbonyl (C=O) groups excluding carboxylic acids is 1. The number of carbonyl (C=O) groups is 1. The largest absolute Gasteiger partial charge is 0.482 e. The molecule has 1 aromatic rings. The van der Waals surface area contributed by atoms with Crippen LogP contribution in [0, 0.1) is 0 Å². The van der Waals surface area contributed by atoms with Gasteiger partial charge in [-0.25, -0.2) is 4.79 Å². The fourth-order valence-corrected chi connectivity index (χ4v) is 2.68. The van der Waals surface area contributed by atoms with Gasteiger partial charge in [0.05, 0.1) is 6.04 Å². The summed E-state index contributed by atoms with van der Waals surface area (Å²) < 4.78 is 11.1. The van der Waals surface area contributed by atoms with Gasteiger partial charge in [-0.2, -0.15) is 0 Å². The lowest BCUT2D eigenvalue weighted by Crippen LogP contribution is -2.42. The summed E-state index contributed by atoms with van der Waals surface area (Å²) in [7, 11) is 0. The number of thiophene rings is 1. The fourth-order valence-electron chi connectivity index (χ4n) is 2.09. The summed E-state index contributed by atoms with van der Waals surface area (Å²) in [5, 5.41) is 2.88. The first-order valence-electron chi connectivity index (χ1n) is 6.61. The summed E-state index contributed by atoms with van der Waals surface area (Å²) >= 11 is 1.57. The third kappa shape index (κ3) is 4.13. The van der Waals surface area contributed by atoms with Crippen LogP contribution in [0.5, 0.6) is 5.06 Å². The molecule has 0 N–H and O–H groups in total. The second-order valence-corrected chi connectivity index (χ2v) is 6.62. The highest BCUT2D eigenvalue weighted by atomic mass is 32.1. The van der Waals surface area contributed by atoms with Crippen molar-refractivity contribution in [1.29, 1.82) is 0 Å². The van der Waals surface area contributed by atoms with Gasteiger partial charge in [-0.05, 0) is 51.1 Å². The quantitative estimate of drug-likeness (QED) is 0.852. The van der Waals surface area contributed by atoms with Crippen LogP contribution < -0.4 is 4.74 Å². The van der Waals surface area contributed by atoms with E-state index < -0.39 is 5.60 Å². The van der Waals surface area contributed by atoms with Crippen molar-refractivity contribution in [3.63, 3.8) is 0 Å². The van der Waals surface area contributed by atoms with Crippen molar-refractivity contribution in [1.82, 2.24) is 4.90 Å². The Balaban J connectivity index is 1.87. The van der Waals surface area contributed by atoms with E-state index in [1.54, 1.807) is 16.2 Å². The van der Waals surface area contributed by atoms with Gasteiger partial charge in [0, 0.05) is 6.54 Å². The molecule has 0 spiro atoms. The number of nitrogens with zero attached hydrogens (tertiary/aromatic N) is 1. The Kier molecular flexibility index (Phi) is 4.34. The number of ether oxygens (including phenoxy) is 2. The van der Waals surface area contributed by atoms with Crippen LogP contribution in [-0.2, 0) is 4.74 Å². The molecule has 1 atom stereocenters. The minimum atomic E-state index is -0.446. The van der Waals surface area contributed by atoms with Gasteiger partial charge in [0.15, 0.2) is 5.06 Å². The Morgan fingerprint density at radius 3 is 2.95 bits per heavy atom. The average molecular weight is 283 g/mol. The van der Waals surface area contributed by atoms with Crippen LogP contribution in [0.3, 0.4) is 0 Å². The van der Waals surface area contributed by atoms with Gasteiger partial charge < -0.3 is 14.4 Å². The van der Waals surface area contributed by atoms with Gasteiger partial charge in [-0.1, -0.05) is 0 Å². The molecule has 0 bridgehead atoms. The molecule has 1 aliphatic rings. The van der Waals surface area contributed by atoms with E-state index in [-0.39, 0.29) is 12.1 Å². The van der Waals surface area contributed by atoms with E-state index in [2.05, 4.69) is 0 Å². The minimum absolute atomic E-state index is 0.122. The zero-order valence-electron chi connectivity index (χ0n) is 11.7. The SMILES string of the molecule is CC(C)(C)OC(=O)N1CCCC1COc1cccs1.